The number of aromatic nitrogens is 2. The average Bonchev–Trinajstić information content (AvgIpc) is 3.21. The van der Waals surface area contributed by atoms with E-state index >= 15 is 0 Å². The highest BCUT2D eigenvalue weighted by atomic mass is 32.1. The summed E-state index contributed by atoms with van der Waals surface area (Å²) >= 11 is 1.48. The molecule has 0 aliphatic carbocycles. The van der Waals surface area contributed by atoms with Crippen molar-refractivity contribution in [2.24, 2.45) is 0 Å². The van der Waals surface area contributed by atoms with Gasteiger partial charge in [0.2, 0.25) is 0 Å². The SMILES string of the molecule is Cc1nc(C(=O)N2CCCCC2Cc2ccc3ccccc3n2)c(-c2ccc(F)cc2)s1. The number of carbonyl (C=O) groups excluding carboxylic acids is 1. The van der Waals surface area contributed by atoms with Crippen molar-refractivity contribution in [3.05, 3.63) is 82.9 Å². The van der Waals surface area contributed by atoms with Crippen LogP contribution in [0, 0.1) is 12.7 Å². The zero-order chi connectivity index (χ0) is 22.1. The number of rotatable bonds is 4. The summed E-state index contributed by atoms with van der Waals surface area (Å²) in [7, 11) is 0. The smallest absolute Gasteiger partial charge is 0.274 e. The summed E-state index contributed by atoms with van der Waals surface area (Å²) in [5.41, 5.74) is 3.27. The lowest BCUT2D eigenvalue weighted by molar-refractivity contribution is 0.0608. The molecule has 1 unspecified atom stereocenters. The Morgan fingerprint density at radius 2 is 1.88 bits per heavy atom. The molecule has 1 fully saturated rings. The molecule has 0 radical (unpaired) electrons. The van der Waals surface area contributed by atoms with E-state index in [1.54, 1.807) is 12.1 Å². The van der Waals surface area contributed by atoms with Crippen molar-refractivity contribution in [2.75, 3.05) is 6.54 Å². The van der Waals surface area contributed by atoms with E-state index in [1.807, 2.05) is 30.0 Å². The van der Waals surface area contributed by atoms with E-state index in [0.29, 0.717) is 5.69 Å². The third kappa shape index (κ3) is 4.15. The van der Waals surface area contributed by atoms with Crippen molar-refractivity contribution >= 4 is 28.1 Å². The number of carbonyl (C=O) groups is 1. The number of likely N-dealkylation sites (tertiary alicyclic amines) is 1. The van der Waals surface area contributed by atoms with Gasteiger partial charge in [-0.25, -0.2) is 9.37 Å². The minimum Gasteiger partial charge on any atom is -0.334 e. The Kier molecular flexibility index (Phi) is 5.70. The quantitative estimate of drug-likeness (QED) is 0.385. The first kappa shape index (κ1) is 20.8. The molecule has 2 aromatic carbocycles. The number of thiazole rings is 1. The van der Waals surface area contributed by atoms with Gasteiger partial charge >= 0.3 is 0 Å². The number of piperidine rings is 1. The lowest BCUT2D eigenvalue weighted by Crippen LogP contribution is -2.45. The normalized spacial score (nSPS) is 16.4. The number of halogens is 1. The van der Waals surface area contributed by atoms with E-state index in [0.717, 1.165) is 64.3 Å². The zero-order valence-corrected chi connectivity index (χ0v) is 18.7. The Balaban J connectivity index is 1.43. The topological polar surface area (TPSA) is 46.1 Å². The van der Waals surface area contributed by atoms with Crippen LogP contribution >= 0.6 is 11.3 Å². The number of hydrogen-bond acceptors (Lipinski definition) is 4. The molecule has 1 amide bonds. The van der Waals surface area contributed by atoms with Gasteiger partial charge in [0.15, 0.2) is 0 Å². The lowest BCUT2D eigenvalue weighted by atomic mass is 9.96. The molecule has 32 heavy (non-hydrogen) atoms. The van der Waals surface area contributed by atoms with Crippen LogP contribution in [0.4, 0.5) is 4.39 Å². The number of para-hydroxylation sites is 1. The molecule has 6 heteroatoms. The van der Waals surface area contributed by atoms with E-state index in [1.165, 1.54) is 23.5 Å². The van der Waals surface area contributed by atoms with E-state index in [2.05, 4.69) is 23.2 Å². The number of nitrogens with zero attached hydrogens (tertiary/aromatic N) is 3. The van der Waals surface area contributed by atoms with Crippen LogP contribution in [0.1, 0.15) is 40.5 Å². The highest BCUT2D eigenvalue weighted by Gasteiger charge is 2.31. The van der Waals surface area contributed by atoms with Gasteiger partial charge in [0.25, 0.3) is 5.91 Å². The van der Waals surface area contributed by atoms with Crippen molar-refractivity contribution in [3.63, 3.8) is 0 Å². The zero-order valence-electron chi connectivity index (χ0n) is 17.9. The molecular weight excluding hydrogens is 421 g/mol. The third-order valence-electron chi connectivity index (χ3n) is 6.03. The van der Waals surface area contributed by atoms with Crippen LogP contribution in [0.5, 0.6) is 0 Å². The largest absolute Gasteiger partial charge is 0.334 e. The fourth-order valence-electron chi connectivity index (χ4n) is 4.45. The van der Waals surface area contributed by atoms with Gasteiger partial charge in [-0.15, -0.1) is 11.3 Å². The van der Waals surface area contributed by atoms with Crippen LogP contribution in [0.15, 0.2) is 60.7 Å². The lowest BCUT2D eigenvalue weighted by Gasteiger charge is -2.35. The number of aryl methyl sites for hydroxylation is 1. The first-order chi connectivity index (χ1) is 15.6. The fraction of sp³-hybridized carbons (Fsp3) is 0.269. The van der Waals surface area contributed by atoms with E-state index in [9.17, 15) is 9.18 Å². The van der Waals surface area contributed by atoms with Gasteiger partial charge in [-0.1, -0.05) is 36.4 Å². The standard InChI is InChI=1S/C26H24FN3OS/c1-17-28-24(25(32-17)19-9-12-20(27)13-10-19)26(31)30-15-5-4-7-22(30)16-21-14-11-18-6-2-3-8-23(18)29-21/h2-3,6,8-14,22H,4-5,7,15-16H2,1H3. The molecule has 0 saturated carbocycles. The van der Waals surface area contributed by atoms with Gasteiger partial charge < -0.3 is 4.90 Å². The summed E-state index contributed by atoms with van der Waals surface area (Å²) in [6.07, 6.45) is 3.77. The molecule has 4 nitrogen and oxygen atoms in total. The maximum Gasteiger partial charge on any atom is 0.274 e. The maximum absolute atomic E-state index is 13.7. The molecule has 2 aromatic heterocycles. The summed E-state index contributed by atoms with van der Waals surface area (Å²) in [5, 5.41) is 1.95. The highest BCUT2D eigenvalue weighted by Crippen LogP contribution is 2.33. The van der Waals surface area contributed by atoms with Crippen molar-refractivity contribution in [1.82, 2.24) is 14.9 Å². The maximum atomic E-state index is 13.7. The van der Waals surface area contributed by atoms with Crippen LogP contribution in [0.3, 0.4) is 0 Å². The van der Waals surface area contributed by atoms with Crippen molar-refractivity contribution in [2.45, 2.75) is 38.6 Å². The fourth-order valence-corrected chi connectivity index (χ4v) is 5.36. The van der Waals surface area contributed by atoms with Gasteiger partial charge in [0, 0.05) is 30.1 Å². The molecule has 0 spiro atoms. The van der Waals surface area contributed by atoms with Gasteiger partial charge in [0.1, 0.15) is 11.5 Å². The molecule has 1 aliphatic heterocycles. The van der Waals surface area contributed by atoms with Crippen LogP contribution in [-0.2, 0) is 6.42 Å². The van der Waals surface area contributed by atoms with Crippen molar-refractivity contribution in [3.8, 4) is 10.4 Å². The van der Waals surface area contributed by atoms with Crippen LogP contribution < -0.4 is 0 Å². The van der Waals surface area contributed by atoms with Gasteiger partial charge in [0.05, 0.1) is 15.4 Å². The minimum atomic E-state index is -0.290. The summed E-state index contributed by atoms with van der Waals surface area (Å²) in [4.78, 5) is 25.9. The van der Waals surface area contributed by atoms with Gasteiger partial charge in [-0.05, 0) is 56.0 Å². The molecule has 3 heterocycles. The number of fused-ring (bicyclic) bond motifs is 1. The first-order valence-corrected chi connectivity index (χ1v) is 11.8. The predicted octanol–water partition coefficient (Wildman–Crippen LogP) is 6.04. The monoisotopic (exact) mass is 445 g/mol. The van der Waals surface area contributed by atoms with E-state index in [-0.39, 0.29) is 17.8 Å². The Labute approximate surface area is 190 Å². The van der Waals surface area contributed by atoms with E-state index in [4.69, 9.17) is 4.98 Å². The van der Waals surface area contributed by atoms with Crippen LogP contribution in [0.25, 0.3) is 21.3 Å². The second-order valence-corrected chi connectivity index (χ2v) is 9.47. The van der Waals surface area contributed by atoms with Crippen molar-refractivity contribution in [1.29, 1.82) is 0 Å². The molecule has 5 rings (SSSR count). The van der Waals surface area contributed by atoms with Crippen LogP contribution in [0.2, 0.25) is 0 Å². The number of benzene rings is 2. The Hall–Kier alpha value is -3.12. The van der Waals surface area contributed by atoms with Crippen molar-refractivity contribution < 1.29 is 9.18 Å². The van der Waals surface area contributed by atoms with Crippen LogP contribution in [-0.4, -0.2) is 33.4 Å². The summed E-state index contributed by atoms with van der Waals surface area (Å²) in [6.45, 7) is 2.62. The van der Waals surface area contributed by atoms with Gasteiger partial charge in [-0.3, -0.25) is 9.78 Å². The molecule has 1 aliphatic rings. The van der Waals surface area contributed by atoms with E-state index < -0.39 is 0 Å². The Morgan fingerprint density at radius 1 is 1.06 bits per heavy atom. The minimum absolute atomic E-state index is 0.0424. The predicted molar refractivity (Wildman–Crippen MR) is 126 cm³/mol. The Bertz CT molecular complexity index is 1270. The number of amides is 1. The molecule has 0 bridgehead atoms. The molecule has 0 N–H and O–H groups in total. The average molecular weight is 446 g/mol. The summed E-state index contributed by atoms with van der Waals surface area (Å²) in [5.74, 6) is -0.332. The Morgan fingerprint density at radius 3 is 2.72 bits per heavy atom. The second kappa shape index (κ2) is 8.79. The molecule has 1 atom stereocenters. The second-order valence-electron chi connectivity index (χ2n) is 8.27. The molecule has 4 aromatic rings. The molecule has 1 saturated heterocycles. The number of pyridine rings is 1. The molecular formula is C26H24FN3OS. The number of hydrogen-bond donors (Lipinski definition) is 0. The van der Waals surface area contributed by atoms with Gasteiger partial charge in [-0.2, -0.15) is 0 Å². The first-order valence-electron chi connectivity index (χ1n) is 11.0. The summed E-state index contributed by atoms with van der Waals surface area (Å²) < 4.78 is 13.4. The third-order valence-corrected chi connectivity index (χ3v) is 7.05. The highest BCUT2D eigenvalue weighted by molar-refractivity contribution is 7.15. The summed E-state index contributed by atoms with van der Waals surface area (Å²) in [6, 6.07) is 18.6. The molecule has 162 valence electrons.